The van der Waals surface area contributed by atoms with Gasteiger partial charge in [0, 0.05) is 65.7 Å². The zero-order valence-electron chi connectivity index (χ0n) is 21.5. The van der Waals surface area contributed by atoms with Crippen LogP contribution >= 0.6 is 23.4 Å². The van der Waals surface area contributed by atoms with E-state index in [1.54, 1.807) is 6.07 Å². The van der Waals surface area contributed by atoms with Gasteiger partial charge in [0.25, 0.3) is 17.3 Å². The molecule has 0 radical (unpaired) electrons. The van der Waals surface area contributed by atoms with E-state index in [4.69, 9.17) is 21.1 Å². The smallest absolute Gasteiger partial charge is 0.254 e. The van der Waals surface area contributed by atoms with Crippen molar-refractivity contribution in [1.29, 1.82) is 0 Å². The number of nitrogens with one attached hydrogen (secondary N) is 2. The molecule has 37 heavy (non-hydrogen) atoms. The van der Waals surface area contributed by atoms with E-state index in [9.17, 15) is 14.4 Å². The summed E-state index contributed by atoms with van der Waals surface area (Å²) >= 11 is 8.04. The molecule has 2 aliphatic heterocycles. The maximum absolute atomic E-state index is 13.2. The molecule has 1 aromatic heterocycles. The summed E-state index contributed by atoms with van der Waals surface area (Å²) < 4.78 is 12.7. The van der Waals surface area contributed by atoms with Crippen LogP contribution in [0.3, 0.4) is 0 Å². The molecule has 2 aromatic rings. The Morgan fingerprint density at radius 2 is 1.84 bits per heavy atom. The molecule has 10 heteroatoms. The number of aromatic nitrogens is 1. The average molecular weight is 546 g/mol. The number of aryl methyl sites for hydroxylation is 1. The minimum atomic E-state index is -0.928. The van der Waals surface area contributed by atoms with Crippen LogP contribution in [-0.2, 0) is 11.3 Å². The van der Waals surface area contributed by atoms with Crippen molar-refractivity contribution in [2.24, 2.45) is 11.8 Å². The standard InChI is InChI=1S/C27H32ClN3O5S/c1-14-11-21(37-4)19(25(33)30-14)13-29-24(32)18-12-20(28)23-22(15(18)2)35-27(3,36-23)17-7-9-31(10-8-17)26(34)16-5-6-16/h11-12,16-17H,5-10,13H2,1-4H3,(H,29,32)(H,30,33). The first-order valence-corrected chi connectivity index (χ1v) is 14.3. The Balaban J connectivity index is 1.30. The first kappa shape index (κ1) is 26.0. The third-order valence-corrected chi connectivity index (χ3v) is 8.73. The molecule has 0 bridgehead atoms. The number of hydrogen-bond acceptors (Lipinski definition) is 6. The highest BCUT2D eigenvalue weighted by Crippen LogP contribution is 2.51. The summed E-state index contributed by atoms with van der Waals surface area (Å²) in [7, 11) is 0. The summed E-state index contributed by atoms with van der Waals surface area (Å²) in [6, 6.07) is 3.48. The number of rotatable bonds is 6. The average Bonchev–Trinajstić information content (AvgIpc) is 3.66. The van der Waals surface area contributed by atoms with Gasteiger partial charge in [0.2, 0.25) is 5.91 Å². The van der Waals surface area contributed by atoms with Crippen molar-refractivity contribution in [3.05, 3.63) is 49.9 Å². The van der Waals surface area contributed by atoms with Gasteiger partial charge in [0.1, 0.15) is 0 Å². The van der Waals surface area contributed by atoms with Crippen LogP contribution in [0.25, 0.3) is 0 Å². The third kappa shape index (κ3) is 4.95. The predicted octanol–water partition coefficient (Wildman–Crippen LogP) is 4.43. The van der Waals surface area contributed by atoms with Crippen molar-refractivity contribution >= 4 is 35.2 Å². The molecule has 8 nitrogen and oxygen atoms in total. The van der Waals surface area contributed by atoms with Gasteiger partial charge in [-0.3, -0.25) is 14.4 Å². The van der Waals surface area contributed by atoms with Crippen molar-refractivity contribution in [3.8, 4) is 11.5 Å². The van der Waals surface area contributed by atoms with Crippen LogP contribution in [0.2, 0.25) is 5.02 Å². The molecule has 1 saturated carbocycles. The number of thioether (sulfide) groups is 1. The van der Waals surface area contributed by atoms with E-state index < -0.39 is 5.79 Å². The van der Waals surface area contributed by atoms with Crippen LogP contribution in [0, 0.1) is 25.7 Å². The van der Waals surface area contributed by atoms with E-state index >= 15 is 0 Å². The zero-order chi connectivity index (χ0) is 26.5. The number of nitrogens with zero attached hydrogens (tertiary/aromatic N) is 1. The van der Waals surface area contributed by atoms with Gasteiger partial charge in [-0.2, -0.15) is 0 Å². The van der Waals surface area contributed by atoms with Crippen molar-refractivity contribution in [1.82, 2.24) is 15.2 Å². The van der Waals surface area contributed by atoms with Crippen molar-refractivity contribution in [2.45, 2.75) is 63.7 Å². The molecular weight excluding hydrogens is 514 g/mol. The maximum atomic E-state index is 13.2. The van der Waals surface area contributed by atoms with E-state index in [0.717, 1.165) is 36.3 Å². The van der Waals surface area contributed by atoms with Crippen LogP contribution in [0.1, 0.15) is 59.8 Å². The normalized spacial score (nSPS) is 21.3. The van der Waals surface area contributed by atoms with Crippen molar-refractivity contribution < 1.29 is 19.1 Å². The zero-order valence-corrected chi connectivity index (χ0v) is 23.1. The fraction of sp³-hybridized carbons (Fsp3) is 0.519. The van der Waals surface area contributed by atoms with Crippen molar-refractivity contribution in [3.63, 3.8) is 0 Å². The van der Waals surface area contributed by atoms with Gasteiger partial charge in [-0.1, -0.05) is 11.6 Å². The number of H-pyrrole nitrogens is 1. The number of carbonyl (C=O) groups is 2. The molecule has 1 saturated heterocycles. The van der Waals surface area contributed by atoms with E-state index in [0.29, 0.717) is 46.3 Å². The summed E-state index contributed by atoms with van der Waals surface area (Å²) in [5, 5.41) is 3.16. The molecule has 2 amide bonds. The number of amides is 2. The topological polar surface area (TPSA) is 101 Å². The van der Waals surface area contributed by atoms with Gasteiger partial charge in [-0.05, 0) is 57.9 Å². The first-order chi connectivity index (χ1) is 17.6. The van der Waals surface area contributed by atoms with E-state index in [1.165, 1.54) is 11.8 Å². The second-order valence-corrected chi connectivity index (χ2v) is 11.5. The Kier molecular flexibility index (Phi) is 6.96. The fourth-order valence-corrected chi connectivity index (χ4v) is 6.20. The molecule has 5 rings (SSSR count). The molecule has 1 aliphatic carbocycles. The van der Waals surface area contributed by atoms with Crippen LogP contribution in [-0.4, -0.2) is 46.8 Å². The number of pyridine rings is 1. The Labute approximate surface area is 225 Å². The van der Waals surface area contributed by atoms with Gasteiger partial charge in [0.05, 0.1) is 5.02 Å². The van der Waals surface area contributed by atoms with Gasteiger partial charge < -0.3 is 24.7 Å². The minimum absolute atomic E-state index is 0.0779. The van der Waals surface area contributed by atoms with E-state index in [1.807, 2.05) is 38.0 Å². The lowest BCUT2D eigenvalue weighted by Gasteiger charge is -2.39. The number of piperidine rings is 1. The van der Waals surface area contributed by atoms with Gasteiger partial charge in [-0.25, -0.2) is 0 Å². The molecule has 3 aliphatic rings. The summed E-state index contributed by atoms with van der Waals surface area (Å²) in [6.45, 7) is 7.00. The van der Waals surface area contributed by atoms with Crippen LogP contribution in [0.15, 0.2) is 21.8 Å². The van der Waals surface area contributed by atoms with Gasteiger partial charge in [0.15, 0.2) is 11.5 Å². The summed E-state index contributed by atoms with van der Waals surface area (Å²) in [5.74, 6) is 0.199. The number of fused-ring (bicyclic) bond motifs is 1. The molecule has 1 unspecified atom stereocenters. The van der Waals surface area contributed by atoms with E-state index in [2.05, 4.69) is 10.3 Å². The van der Waals surface area contributed by atoms with Crippen LogP contribution < -0.4 is 20.3 Å². The van der Waals surface area contributed by atoms with Crippen molar-refractivity contribution in [2.75, 3.05) is 19.3 Å². The Bertz CT molecular complexity index is 1320. The number of ether oxygens (including phenoxy) is 2. The number of hydrogen-bond donors (Lipinski definition) is 2. The molecular formula is C27H32ClN3O5S. The summed E-state index contributed by atoms with van der Waals surface area (Å²) in [4.78, 5) is 43.6. The second-order valence-electron chi connectivity index (χ2n) is 10.3. The molecule has 2 fully saturated rings. The fourth-order valence-electron chi connectivity index (χ4n) is 5.26. The highest BCUT2D eigenvalue weighted by atomic mass is 35.5. The maximum Gasteiger partial charge on any atom is 0.254 e. The molecule has 198 valence electrons. The van der Waals surface area contributed by atoms with E-state index in [-0.39, 0.29) is 35.8 Å². The molecule has 1 atom stereocenters. The van der Waals surface area contributed by atoms with Gasteiger partial charge in [-0.15, -0.1) is 11.8 Å². The molecule has 3 heterocycles. The molecule has 2 N–H and O–H groups in total. The lowest BCUT2D eigenvalue weighted by molar-refractivity contribution is -0.143. The number of aromatic amines is 1. The molecule has 1 aromatic carbocycles. The Morgan fingerprint density at radius 1 is 1.16 bits per heavy atom. The third-order valence-electron chi connectivity index (χ3n) is 7.64. The lowest BCUT2D eigenvalue weighted by Crippen LogP contribution is -2.50. The minimum Gasteiger partial charge on any atom is -0.448 e. The van der Waals surface area contributed by atoms with Gasteiger partial charge >= 0.3 is 0 Å². The number of likely N-dealkylation sites (tertiary alicyclic amines) is 1. The highest BCUT2D eigenvalue weighted by molar-refractivity contribution is 7.98. The number of benzene rings is 1. The lowest BCUT2D eigenvalue weighted by atomic mass is 9.89. The largest absolute Gasteiger partial charge is 0.448 e. The van der Waals surface area contributed by atoms with Crippen LogP contribution in [0.4, 0.5) is 0 Å². The SMILES string of the molecule is CSc1cc(C)[nH]c(=O)c1CNC(=O)c1cc(Cl)c2c(c1C)OC(C)(C1CCN(C(=O)C3CC3)CC1)O2. The van der Waals surface area contributed by atoms with Crippen LogP contribution in [0.5, 0.6) is 11.5 Å². The predicted molar refractivity (Wildman–Crippen MR) is 143 cm³/mol. The summed E-state index contributed by atoms with van der Waals surface area (Å²) in [5.41, 5.74) is 2.06. The number of carbonyl (C=O) groups excluding carboxylic acids is 2. The first-order valence-electron chi connectivity index (χ1n) is 12.7. The Morgan fingerprint density at radius 3 is 2.49 bits per heavy atom. The number of halogens is 1. The summed E-state index contributed by atoms with van der Waals surface area (Å²) in [6.07, 6.45) is 5.46. The second kappa shape index (κ2) is 9.91. The highest BCUT2D eigenvalue weighted by Gasteiger charge is 2.48. The quantitative estimate of drug-likeness (QED) is 0.521. The monoisotopic (exact) mass is 545 g/mol. The Hall–Kier alpha value is -2.65. The molecule has 0 spiro atoms.